The fourth-order valence-corrected chi connectivity index (χ4v) is 2.86. The van der Waals surface area contributed by atoms with Crippen LogP contribution in [0.5, 0.6) is 11.5 Å². The van der Waals surface area contributed by atoms with Crippen molar-refractivity contribution in [3.05, 3.63) is 62.9 Å². The lowest BCUT2D eigenvalue weighted by Crippen LogP contribution is -2.05. The summed E-state index contributed by atoms with van der Waals surface area (Å²) in [5.74, 6) is 1.22. The molecule has 0 fully saturated rings. The molecule has 0 radical (unpaired) electrons. The Labute approximate surface area is 145 Å². The molecule has 2 aromatic rings. The average molecular weight is 419 g/mol. The Bertz CT molecular complexity index is 873. The van der Waals surface area contributed by atoms with Crippen LogP contribution in [0.2, 0.25) is 0 Å². The van der Waals surface area contributed by atoms with Gasteiger partial charge in [0.2, 0.25) is 12.7 Å². The Morgan fingerprint density at radius 3 is 2.83 bits per heavy atom. The Morgan fingerprint density at radius 2 is 1.96 bits per heavy atom. The number of ether oxygens (including phenoxy) is 3. The van der Waals surface area contributed by atoms with E-state index in [4.69, 9.17) is 14.2 Å². The van der Waals surface area contributed by atoms with E-state index in [2.05, 4.69) is 27.6 Å². The number of rotatable bonds is 2. The van der Waals surface area contributed by atoms with Crippen LogP contribution in [0, 0.1) is 3.57 Å². The van der Waals surface area contributed by atoms with Crippen LogP contribution in [0.15, 0.2) is 53.2 Å². The van der Waals surface area contributed by atoms with Gasteiger partial charge in [0.05, 0.1) is 0 Å². The van der Waals surface area contributed by atoms with Crippen LogP contribution in [0.3, 0.4) is 0 Å². The third-order valence-electron chi connectivity index (χ3n) is 3.39. The topological polar surface area (TPSA) is 57.1 Å². The largest absolute Gasteiger partial charge is 0.454 e. The second kappa shape index (κ2) is 5.69. The number of benzene rings is 2. The van der Waals surface area contributed by atoms with Crippen LogP contribution in [0.1, 0.15) is 11.1 Å². The smallest absolute Gasteiger partial charge is 0.363 e. The van der Waals surface area contributed by atoms with Gasteiger partial charge in [-0.1, -0.05) is 12.1 Å². The maximum absolute atomic E-state index is 12.0. The highest BCUT2D eigenvalue weighted by Gasteiger charge is 2.24. The fraction of sp³-hybridized carbons (Fsp3) is 0.0588. The summed E-state index contributed by atoms with van der Waals surface area (Å²) in [5, 5.41) is 0. The van der Waals surface area contributed by atoms with E-state index in [0.717, 1.165) is 14.7 Å². The van der Waals surface area contributed by atoms with Gasteiger partial charge in [0.15, 0.2) is 17.2 Å². The molecule has 0 amide bonds. The average Bonchev–Trinajstić information content (AvgIpc) is 3.14. The molecule has 0 unspecified atom stereocenters. The van der Waals surface area contributed by atoms with Crippen molar-refractivity contribution in [1.29, 1.82) is 0 Å². The monoisotopic (exact) mass is 419 g/mol. The number of esters is 1. The standard InChI is InChI=1S/C17H10INO4/c18-12-3-1-2-11(8-12)16-19-13(17(20)23-16)6-10-4-5-14-15(7-10)22-9-21-14/h1-8H,9H2/b13-6-. The third kappa shape index (κ3) is 2.81. The molecule has 2 aromatic carbocycles. The molecule has 4 rings (SSSR count). The van der Waals surface area contributed by atoms with Crippen molar-refractivity contribution in [3.63, 3.8) is 0 Å². The van der Waals surface area contributed by atoms with Gasteiger partial charge >= 0.3 is 5.97 Å². The zero-order valence-electron chi connectivity index (χ0n) is 11.8. The van der Waals surface area contributed by atoms with E-state index >= 15 is 0 Å². The lowest BCUT2D eigenvalue weighted by molar-refractivity contribution is -0.129. The Morgan fingerprint density at radius 1 is 1.09 bits per heavy atom. The second-order valence-electron chi connectivity index (χ2n) is 4.96. The highest BCUT2D eigenvalue weighted by atomic mass is 127. The van der Waals surface area contributed by atoms with Crippen LogP contribution in [-0.2, 0) is 9.53 Å². The molecule has 0 aromatic heterocycles. The van der Waals surface area contributed by atoms with E-state index in [1.807, 2.05) is 36.4 Å². The first-order chi connectivity index (χ1) is 11.2. The molecule has 0 N–H and O–H groups in total. The first-order valence-corrected chi connectivity index (χ1v) is 7.95. The number of aliphatic imine (C=N–C) groups is 1. The van der Waals surface area contributed by atoms with E-state index in [1.54, 1.807) is 12.1 Å². The summed E-state index contributed by atoms with van der Waals surface area (Å²) >= 11 is 2.20. The van der Waals surface area contributed by atoms with E-state index < -0.39 is 5.97 Å². The lowest BCUT2D eigenvalue weighted by atomic mass is 10.1. The molecule has 0 saturated heterocycles. The summed E-state index contributed by atoms with van der Waals surface area (Å²) < 4.78 is 16.9. The van der Waals surface area contributed by atoms with Crippen LogP contribution >= 0.6 is 22.6 Å². The molecule has 0 aliphatic carbocycles. The minimum Gasteiger partial charge on any atom is -0.454 e. The van der Waals surface area contributed by atoms with Crippen molar-refractivity contribution < 1.29 is 19.0 Å². The van der Waals surface area contributed by atoms with Gasteiger partial charge in [-0.15, -0.1) is 0 Å². The van der Waals surface area contributed by atoms with Crippen LogP contribution in [0.25, 0.3) is 6.08 Å². The van der Waals surface area contributed by atoms with Gasteiger partial charge < -0.3 is 14.2 Å². The van der Waals surface area contributed by atoms with Gasteiger partial charge in [0.1, 0.15) is 0 Å². The highest BCUT2D eigenvalue weighted by molar-refractivity contribution is 14.1. The minimum atomic E-state index is -0.462. The Balaban J connectivity index is 1.67. The molecule has 114 valence electrons. The summed E-state index contributed by atoms with van der Waals surface area (Å²) in [4.78, 5) is 16.3. The minimum absolute atomic E-state index is 0.215. The molecule has 2 aliphatic rings. The molecular weight excluding hydrogens is 409 g/mol. The molecule has 0 spiro atoms. The molecule has 2 aliphatic heterocycles. The van der Waals surface area contributed by atoms with Crippen molar-refractivity contribution in [2.45, 2.75) is 0 Å². The van der Waals surface area contributed by atoms with Crippen LogP contribution in [0.4, 0.5) is 0 Å². The molecule has 2 heterocycles. The summed E-state index contributed by atoms with van der Waals surface area (Å²) in [6.45, 7) is 0.215. The molecular formula is C17H10INO4. The normalized spacial score (nSPS) is 17.3. The highest BCUT2D eigenvalue weighted by Crippen LogP contribution is 2.33. The first kappa shape index (κ1) is 14.3. The Kier molecular flexibility index (Phi) is 3.53. The van der Waals surface area contributed by atoms with Gasteiger partial charge in [0.25, 0.3) is 0 Å². The van der Waals surface area contributed by atoms with E-state index in [0.29, 0.717) is 17.4 Å². The quantitative estimate of drug-likeness (QED) is 0.426. The predicted molar refractivity (Wildman–Crippen MR) is 92.3 cm³/mol. The SMILES string of the molecule is O=C1OC(c2cccc(I)c2)=N/C1=C\c1ccc2c(c1)OCO2. The van der Waals surface area contributed by atoms with Crippen molar-refractivity contribution in [2.75, 3.05) is 6.79 Å². The Hall–Kier alpha value is -2.35. The number of carbonyl (C=O) groups is 1. The first-order valence-electron chi connectivity index (χ1n) is 6.87. The van der Waals surface area contributed by atoms with Crippen molar-refractivity contribution in [2.24, 2.45) is 4.99 Å². The maximum Gasteiger partial charge on any atom is 0.363 e. The van der Waals surface area contributed by atoms with Crippen molar-refractivity contribution in [3.8, 4) is 11.5 Å². The van der Waals surface area contributed by atoms with E-state index in [9.17, 15) is 4.79 Å². The van der Waals surface area contributed by atoms with Gasteiger partial charge in [-0.3, -0.25) is 0 Å². The second-order valence-corrected chi connectivity index (χ2v) is 6.20. The van der Waals surface area contributed by atoms with Crippen LogP contribution < -0.4 is 9.47 Å². The van der Waals surface area contributed by atoms with Gasteiger partial charge in [-0.2, -0.15) is 0 Å². The molecule has 0 bridgehead atoms. The van der Waals surface area contributed by atoms with Crippen molar-refractivity contribution >= 4 is 40.5 Å². The van der Waals surface area contributed by atoms with Gasteiger partial charge in [0, 0.05) is 9.13 Å². The van der Waals surface area contributed by atoms with Crippen LogP contribution in [-0.4, -0.2) is 18.7 Å². The molecule has 5 nitrogen and oxygen atoms in total. The third-order valence-corrected chi connectivity index (χ3v) is 4.06. The summed E-state index contributed by atoms with van der Waals surface area (Å²) in [6, 6.07) is 13.1. The van der Waals surface area contributed by atoms with E-state index in [1.165, 1.54) is 0 Å². The number of hydrogen-bond donors (Lipinski definition) is 0. The number of hydrogen-bond acceptors (Lipinski definition) is 5. The van der Waals surface area contributed by atoms with Gasteiger partial charge in [-0.05, 0) is 64.6 Å². The number of halogens is 1. The van der Waals surface area contributed by atoms with Crippen molar-refractivity contribution in [1.82, 2.24) is 0 Å². The molecule has 23 heavy (non-hydrogen) atoms. The molecule has 0 atom stereocenters. The number of fused-ring (bicyclic) bond motifs is 1. The fourth-order valence-electron chi connectivity index (χ4n) is 2.31. The summed E-state index contributed by atoms with van der Waals surface area (Å²) in [5.41, 5.74) is 1.84. The zero-order chi connectivity index (χ0) is 15.8. The number of cyclic esters (lactones) is 1. The zero-order valence-corrected chi connectivity index (χ0v) is 13.9. The number of carbonyl (C=O) groups excluding carboxylic acids is 1. The maximum atomic E-state index is 12.0. The van der Waals surface area contributed by atoms with Gasteiger partial charge in [-0.25, -0.2) is 9.79 Å². The predicted octanol–water partition coefficient (Wildman–Crippen LogP) is 3.36. The summed E-state index contributed by atoms with van der Waals surface area (Å²) in [6.07, 6.45) is 1.67. The molecule has 6 heteroatoms. The molecule has 0 saturated carbocycles. The summed E-state index contributed by atoms with van der Waals surface area (Å²) in [7, 11) is 0. The lowest BCUT2D eigenvalue weighted by Gasteiger charge is -1.99. The van der Waals surface area contributed by atoms with E-state index in [-0.39, 0.29) is 12.5 Å². The number of nitrogens with zero attached hydrogens (tertiary/aromatic N) is 1.